The zero-order valence-corrected chi connectivity index (χ0v) is 14.2. The number of methoxy groups -OCH3 is 1. The average molecular weight is 346 g/mol. The van der Waals surface area contributed by atoms with Crippen LogP contribution in [0, 0.1) is 0 Å². The van der Waals surface area contributed by atoms with Crippen molar-refractivity contribution >= 4 is 18.4 Å². The molecule has 2 aromatic rings. The van der Waals surface area contributed by atoms with E-state index >= 15 is 0 Å². The van der Waals surface area contributed by atoms with E-state index in [0.29, 0.717) is 9.63 Å². The van der Waals surface area contributed by atoms with Crippen LogP contribution in [0.2, 0.25) is 4.82 Å². The van der Waals surface area contributed by atoms with Crippen molar-refractivity contribution in [3.8, 4) is 11.5 Å². The van der Waals surface area contributed by atoms with Crippen molar-refractivity contribution in [1.82, 2.24) is 0 Å². The molecule has 0 radical (unpaired) electrons. The van der Waals surface area contributed by atoms with Gasteiger partial charge in [-0.15, -0.1) is 0 Å². The van der Waals surface area contributed by atoms with Gasteiger partial charge in [0.15, 0.2) is 0 Å². The fourth-order valence-corrected chi connectivity index (χ4v) is 10.4. The molecular weight excluding hydrogens is 327 g/mol. The van der Waals surface area contributed by atoms with Crippen molar-refractivity contribution in [1.29, 1.82) is 0 Å². The molecule has 0 N–H and O–H groups in total. The van der Waals surface area contributed by atoms with Crippen molar-refractivity contribution in [2.75, 3.05) is 7.11 Å². The van der Waals surface area contributed by atoms with Gasteiger partial charge in [0.2, 0.25) is 0 Å². The summed E-state index contributed by atoms with van der Waals surface area (Å²) in [7, 11) is 1.70. The molecule has 2 aliphatic rings. The topological polar surface area (TPSA) is 18.5 Å². The fourth-order valence-electron chi connectivity index (χ4n) is 3.36. The standard InChI is InChI=1S/C18H19O2Se/c1-18(2)17-16(21(17)13-7-5-4-6-8-13)14-10-9-12(19-3)11-15(14)20-18/h4-11,16-17H,1-3H3/q+1. The van der Waals surface area contributed by atoms with Gasteiger partial charge in [0, 0.05) is 0 Å². The summed E-state index contributed by atoms with van der Waals surface area (Å²) in [6.07, 6.45) is 0. The van der Waals surface area contributed by atoms with E-state index < -0.39 is 13.9 Å². The van der Waals surface area contributed by atoms with Crippen molar-refractivity contribution in [3.63, 3.8) is 0 Å². The molecule has 0 aromatic heterocycles. The third-order valence-corrected chi connectivity index (χ3v) is 10.6. The Balaban J connectivity index is 1.78. The first-order chi connectivity index (χ1) is 10.1. The molecule has 3 unspecified atom stereocenters. The van der Waals surface area contributed by atoms with Crippen LogP contribution in [0.5, 0.6) is 11.5 Å². The van der Waals surface area contributed by atoms with E-state index in [9.17, 15) is 0 Å². The molecule has 3 atom stereocenters. The van der Waals surface area contributed by atoms with Crippen LogP contribution in [0.1, 0.15) is 24.2 Å². The maximum atomic E-state index is 6.32. The molecule has 0 spiro atoms. The van der Waals surface area contributed by atoms with Crippen molar-refractivity contribution in [2.45, 2.75) is 29.1 Å². The summed E-state index contributed by atoms with van der Waals surface area (Å²) < 4.78 is 13.2. The van der Waals surface area contributed by atoms with Gasteiger partial charge in [0.05, 0.1) is 0 Å². The summed E-state index contributed by atoms with van der Waals surface area (Å²) in [4.78, 5) is 1.37. The van der Waals surface area contributed by atoms with Gasteiger partial charge in [-0.3, -0.25) is 0 Å². The van der Waals surface area contributed by atoms with Crippen LogP contribution in [0.15, 0.2) is 48.5 Å². The van der Waals surface area contributed by atoms with Crippen LogP contribution in [0.3, 0.4) is 0 Å². The second-order valence-corrected chi connectivity index (χ2v) is 10.8. The van der Waals surface area contributed by atoms with Crippen LogP contribution < -0.4 is 13.9 Å². The van der Waals surface area contributed by atoms with Gasteiger partial charge >= 0.3 is 130 Å². The first-order valence-electron chi connectivity index (χ1n) is 7.26. The molecular formula is C18H19O2Se+. The van der Waals surface area contributed by atoms with Gasteiger partial charge in [-0.2, -0.15) is 0 Å². The molecule has 2 heterocycles. The summed E-state index contributed by atoms with van der Waals surface area (Å²) in [6.45, 7) is 4.47. The molecule has 1 fully saturated rings. The van der Waals surface area contributed by atoms with Crippen LogP contribution in [-0.2, 0) is 0 Å². The van der Waals surface area contributed by atoms with Gasteiger partial charge in [0.1, 0.15) is 0 Å². The summed E-state index contributed by atoms with van der Waals surface area (Å²) in [6, 6.07) is 17.3. The van der Waals surface area contributed by atoms with E-state index in [2.05, 4.69) is 56.3 Å². The number of ether oxygens (including phenoxy) is 2. The molecule has 0 saturated carbocycles. The van der Waals surface area contributed by atoms with Crippen LogP contribution >= 0.6 is 0 Å². The van der Waals surface area contributed by atoms with E-state index in [0.717, 1.165) is 11.5 Å². The third kappa shape index (κ3) is 1.99. The zero-order chi connectivity index (χ0) is 14.6. The summed E-state index contributed by atoms with van der Waals surface area (Å²) in [5, 5.41) is 0. The van der Waals surface area contributed by atoms with Crippen molar-refractivity contribution in [2.24, 2.45) is 0 Å². The second kappa shape index (κ2) is 4.53. The number of hydrogen-bond acceptors (Lipinski definition) is 2. The summed E-state index contributed by atoms with van der Waals surface area (Å²) in [5.41, 5.74) is 1.30. The molecule has 3 heteroatoms. The molecule has 1 saturated heterocycles. The minimum atomic E-state index is -0.842. The van der Waals surface area contributed by atoms with Crippen molar-refractivity contribution in [3.05, 3.63) is 54.1 Å². The summed E-state index contributed by atoms with van der Waals surface area (Å²) in [5.74, 6) is 1.89. The van der Waals surface area contributed by atoms with E-state index in [1.54, 1.807) is 11.6 Å². The van der Waals surface area contributed by atoms with E-state index in [1.807, 2.05) is 6.07 Å². The molecule has 2 nitrogen and oxygen atoms in total. The molecule has 0 bridgehead atoms. The number of rotatable bonds is 2. The van der Waals surface area contributed by atoms with Gasteiger partial charge < -0.3 is 0 Å². The Kier molecular flexibility index (Phi) is 2.85. The first kappa shape index (κ1) is 13.2. The van der Waals surface area contributed by atoms with Crippen molar-refractivity contribution < 1.29 is 9.47 Å². The SMILES string of the molecule is COc1ccc2c(c1)OC(C)(C)C1C2[Se+]1c1ccccc1. The number of hydrogen-bond donors (Lipinski definition) is 0. The van der Waals surface area contributed by atoms with Gasteiger partial charge in [-0.1, -0.05) is 0 Å². The number of fused-ring (bicyclic) bond motifs is 3. The molecule has 108 valence electrons. The number of benzene rings is 2. The van der Waals surface area contributed by atoms with Crippen LogP contribution in [0.4, 0.5) is 0 Å². The van der Waals surface area contributed by atoms with E-state index in [1.165, 1.54) is 5.56 Å². The zero-order valence-electron chi connectivity index (χ0n) is 12.5. The molecule has 0 amide bonds. The normalized spacial score (nSPS) is 28.0. The molecule has 2 aromatic carbocycles. The molecule has 21 heavy (non-hydrogen) atoms. The Bertz CT molecular complexity index is 681. The Hall–Kier alpha value is -1.44. The predicted octanol–water partition coefficient (Wildman–Crippen LogP) is 3.27. The first-order valence-corrected chi connectivity index (χ1v) is 10.1. The minimum absolute atomic E-state index is 0.0788. The van der Waals surface area contributed by atoms with E-state index in [-0.39, 0.29) is 5.60 Å². The molecule has 2 aliphatic heterocycles. The maximum absolute atomic E-state index is 6.32. The Morgan fingerprint density at radius 2 is 1.86 bits per heavy atom. The van der Waals surface area contributed by atoms with Gasteiger partial charge in [0.25, 0.3) is 0 Å². The average Bonchev–Trinajstić information content (AvgIpc) is 3.24. The van der Waals surface area contributed by atoms with Gasteiger partial charge in [-0.25, -0.2) is 0 Å². The molecule has 0 aliphatic carbocycles. The second-order valence-electron chi connectivity index (χ2n) is 6.14. The van der Waals surface area contributed by atoms with E-state index in [4.69, 9.17) is 9.47 Å². The monoisotopic (exact) mass is 347 g/mol. The van der Waals surface area contributed by atoms with Crippen LogP contribution in [-0.4, -0.2) is 26.6 Å². The van der Waals surface area contributed by atoms with Crippen LogP contribution in [0.25, 0.3) is 0 Å². The predicted molar refractivity (Wildman–Crippen MR) is 86.0 cm³/mol. The fraction of sp³-hybridized carbons (Fsp3) is 0.333. The summed E-state index contributed by atoms with van der Waals surface area (Å²) >= 11 is -0.842. The Morgan fingerprint density at radius 1 is 1.10 bits per heavy atom. The quantitative estimate of drug-likeness (QED) is 0.777. The molecule has 4 rings (SSSR count). The Labute approximate surface area is 130 Å². The van der Waals surface area contributed by atoms with Gasteiger partial charge in [-0.05, 0) is 0 Å². The Morgan fingerprint density at radius 3 is 2.57 bits per heavy atom. The third-order valence-electron chi connectivity index (χ3n) is 4.35.